The summed E-state index contributed by atoms with van der Waals surface area (Å²) in [5, 5.41) is 3.72. The van der Waals surface area contributed by atoms with Crippen LogP contribution in [0.4, 0.5) is 23.2 Å². The Morgan fingerprint density at radius 2 is 1.85 bits per heavy atom. The second-order valence-corrected chi connectivity index (χ2v) is 9.28. The van der Waals surface area contributed by atoms with E-state index >= 15 is 0 Å². The van der Waals surface area contributed by atoms with E-state index in [0.29, 0.717) is 5.69 Å². The Labute approximate surface area is 116 Å². The zero-order valence-corrected chi connectivity index (χ0v) is 12.3. The third-order valence-corrected chi connectivity index (χ3v) is 5.74. The molecule has 0 spiro atoms. The molecule has 0 fully saturated rings. The van der Waals surface area contributed by atoms with Crippen molar-refractivity contribution in [3.05, 3.63) is 36.5 Å². The van der Waals surface area contributed by atoms with Gasteiger partial charge in [0.15, 0.2) is 0 Å². The van der Waals surface area contributed by atoms with Gasteiger partial charge >= 0.3 is 6.18 Å². The average molecular weight is 307 g/mol. The first-order valence-corrected chi connectivity index (χ1v) is 9.05. The standard InChI is InChI=1S/C13H17F4NOSi/c1-4-20(2,3)11-7-5-10(6-8-11)18-9-19-12(14)13(15,16)17/h4-8,12,18H,1,9H2,2-3H3. The van der Waals surface area contributed by atoms with Gasteiger partial charge in [-0.2, -0.15) is 13.2 Å². The molecule has 1 aromatic carbocycles. The lowest BCUT2D eigenvalue weighted by Crippen LogP contribution is -2.39. The Morgan fingerprint density at radius 1 is 1.30 bits per heavy atom. The molecule has 0 amide bonds. The third kappa shape index (κ3) is 4.64. The molecule has 0 radical (unpaired) electrons. The first-order chi connectivity index (χ1) is 9.16. The fourth-order valence-corrected chi connectivity index (χ4v) is 2.69. The molecule has 1 aromatic rings. The number of benzene rings is 1. The van der Waals surface area contributed by atoms with Gasteiger partial charge in [0, 0.05) is 5.69 Å². The molecule has 0 bridgehead atoms. The van der Waals surface area contributed by atoms with Gasteiger partial charge in [-0.3, -0.25) is 0 Å². The van der Waals surface area contributed by atoms with Gasteiger partial charge in [-0.05, 0) is 12.1 Å². The van der Waals surface area contributed by atoms with E-state index < -0.39 is 27.3 Å². The van der Waals surface area contributed by atoms with Crippen LogP contribution in [0.3, 0.4) is 0 Å². The van der Waals surface area contributed by atoms with Crippen molar-refractivity contribution in [1.29, 1.82) is 0 Å². The van der Waals surface area contributed by atoms with Crippen molar-refractivity contribution in [1.82, 2.24) is 0 Å². The summed E-state index contributed by atoms with van der Waals surface area (Å²) in [6.45, 7) is 7.50. The Kier molecular flexibility index (Phi) is 5.35. The van der Waals surface area contributed by atoms with E-state index in [2.05, 4.69) is 29.7 Å². The molecule has 7 heteroatoms. The molecule has 112 valence electrons. The SMILES string of the molecule is C=C[Si](C)(C)c1ccc(NCOC(F)C(F)(F)F)cc1. The molecule has 1 N–H and O–H groups in total. The number of hydrogen-bond donors (Lipinski definition) is 1. The van der Waals surface area contributed by atoms with Crippen LogP contribution in [0.5, 0.6) is 0 Å². The maximum atomic E-state index is 12.5. The monoisotopic (exact) mass is 307 g/mol. The third-order valence-electron chi connectivity index (χ3n) is 2.90. The van der Waals surface area contributed by atoms with Gasteiger partial charge < -0.3 is 10.1 Å². The van der Waals surface area contributed by atoms with E-state index in [1.165, 1.54) is 0 Å². The summed E-state index contributed by atoms with van der Waals surface area (Å²) >= 11 is 0. The van der Waals surface area contributed by atoms with Gasteiger partial charge in [0.25, 0.3) is 6.36 Å². The summed E-state index contributed by atoms with van der Waals surface area (Å²) < 4.78 is 52.1. The van der Waals surface area contributed by atoms with Crippen LogP contribution in [0, 0.1) is 0 Å². The van der Waals surface area contributed by atoms with Crippen molar-refractivity contribution in [2.24, 2.45) is 0 Å². The Balaban J connectivity index is 2.53. The minimum Gasteiger partial charge on any atom is -0.363 e. The van der Waals surface area contributed by atoms with Crippen LogP contribution in [0.1, 0.15) is 0 Å². The molecule has 0 aromatic heterocycles. The number of alkyl halides is 4. The van der Waals surface area contributed by atoms with Crippen molar-refractivity contribution in [2.45, 2.75) is 25.6 Å². The lowest BCUT2D eigenvalue weighted by molar-refractivity contribution is -0.262. The average Bonchev–Trinajstić information content (AvgIpc) is 2.38. The van der Waals surface area contributed by atoms with Crippen LogP contribution in [0.25, 0.3) is 0 Å². The largest absolute Gasteiger partial charge is 0.445 e. The van der Waals surface area contributed by atoms with E-state index in [-0.39, 0.29) is 0 Å². The number of hydrogen-bond acceptors (Lipinski definition) is 2. The highest BCUT2D eigenvalue weighted by molar-refractivity contribution is 6.93. The van der Waals surface area contributed by atoms with E-state index in [4.69, 9.17) is 0 Å². The van der Waals surface area contributed by atoms with Crippen LogP contribution >= 0.6 is 0 Å². The fourth-order valence-electron chi connectivity index (χ4n) is 1.43. The zero-order valence-electron chi connectivity index (χ0n) is 11.3. The summed E-state index contributed by atoms with van der Waals surface area (Å²) in [5.41, 5.74) is 2.51. The first kappa shape index (κ1) is 16.7. The summed E-state index contributed by atoms with van der Waals surface area (Å²) in [4.78, 5) is 0. The second-order valence-electron chi connectivity index (χ2n) is 4.85. The maximum absolute atomic E-state index is 12.5. The molecule has 1 atom stereocenters. The van der Waals surface area contributed by atoms with Crippen molar-refractivity contribution in [3.63, 3.8) is 0 Å². The maximum Gasteiger partial charge on any atom is 0.445 e. The molecular formula is C13H17F4NOSi. The molecule has 1 rings (SSSR count). The molecule has 0 aliphatic rings. The van der Waals surface area contributed by atoms with Gasteiger partial charge in [0.1, 0.15) is 14.8 Å². The molecule has 0 aliphatic carbocycles. The van der Waals surface area contributed by atoms with E-state index in [9.17, 15) is 17.6 Å². The van der Waals surface area contributed by atoms with Crippen molar-refractivity contribution < 1.29 is 22.3 Å². The predicted octanol–water partition coefficient (Wildman–Crippen LogP) is 3.57. The lowest BCUT2D eigenvalue weighted by Gasteiger charge is -2.18. The fraction of sp³-hybridized carbons (Fsp3) is 0.385. The normalized spacial score (nSPS) is 13.9. The van der Waals surface area contributed by atoms with Crippen LogP contribution < -0.4 is 10.5 Å². The molecule has 1 unspecified atom stereocenters. The molecular weight excluding hydrogens is 290 g/mol. The van der Waals surface area contributed by atoms with Crippen LogP contribution in [-0.2, 0) is 4.74 Å². The number of ether oxygens (including phenoxy) is 1. The predicted molar refractivity (Wildman–Crippen MR) is 74.3 cm³/mol. The molecule has 20 heavy (non-hydrogen) atoms. The highest BCUT2D eigenvalue weighted by Gasteiger charge is 2.41. The summed E-state index contributed by atoms with van der Waals surface area (Å²) in [6.07, 6.45) is -8.27. The number of anilines is 1. The van der Waals surface area contributed by atoms with Crippen LogP contribution in [0.15, 0.2) is 36.5 Å². The van der Waals surface area contributed by atoms with Crippen LogP contribution in [0.2, 0.25) is 13.1 Å². The van der Waals surface area contributed by atoms with E-state index in [1.807, 2.05) is 17.8 Å². The number of halogens is 4. The van der Waals surface area contributed by atoms with E-state index in [0.717, 1.165) is 5.19 Å². The first-order valence-electron chi connectivity index (χ1n) is 5.97. The smallest absolute Gasteiger partial charge is 0.363 e. The molecule has 0 saturated heterocycles. The van der Waals surface area contributed by atoms with Crippen LogP contribution in [-0.4, -0.2) is 27.3 Å². The Hall–Kier alpha value is -1.34. The quantitative estimate of drug-likeness (QED) is 0.493. The summed E-state index contributed by atoms with van der Waals surface area (Å²) in [5.74, 6) is 0. The number of nitrogens with one attached hydrogen (secondary N) is 1. The second kappa shape index (κ2) is 6.40. The van der Waals surface area contributed by atoms with Gasteiger partial charge in [-0.25, -0.2) is 4.39 Å². The summed E-state index contributed by atoms with van der Waals surface area (Å²) in [6, 6.07) is 7.20. The Morgan fingerprint density at radius 3 is 2.30 bits per heavy atom. The highest BCUT2D eigenvalue weighted by Crippen LogP contribution is 2.23. The van der Waals surface area contributed by atoms with Gasteiger partial charge in [0.2, 0.25) is 0 Å². The van der Waals surface area contributed by atoms with Gasteiger partial charge in [-0.15, -0.1) is 6.58 Å². The zero-order chi connectivity index (χ0) is 15.4. The lowest BCUT2D eigenvalue weighted by atomic mass is 10.3. The van der Waals surface area contributed by atoms with Crippen molar-refractivity contribution in [3.8, 4) is 0 Å². The van der Waals surface area contributed by atoms with E-state index in [1.54, 1.807) is 12.1 Å². The van der Waals surface area contributed by atoms with Crippen molar-refractivity contribution >= 4 is 18.9 Å². The Bertz CT molecular complexity index is 445. The molecule has 0 heterocycles. The molecule has 0 saturated carbocycles. The topological polar surface area (TPSA) is 21.3 Å². The molecule has 0 aliphatic heterocycles. The van der Waals surface area contributed by atoms with Crippen molar-refractivity contribution in [2.75, 3.05) is 12.0 Å². The number of rotatable bonds is 6. The minimum atomic E-state index is -4.99. The van der Waals surface area contributed by atoms with Gasteiger partial charge in [0.05, 0.1) is 0 Å². The minimum absolute atomic E-state index is 0.553. The summed E-state index contributed by atoms with van der Waals surface area (Å²) in [7, 11) is -1.65. The van der Waals surface area contributed by atoms with Gasteiger partial charge in [-0.1, -0.05) is 36.1 Å². The highest BCUT2D eigenvalue weighted by atomic mass is 28.3. The molecule has 2 nitrogen and oxygen atoms in total.